The van der Waals surface area contributed by atoms with Gasteiger partial charge >= 0.3 is 78.3 Å². The SMILES string of the molecule is CCCC[Te]/C(=C\CO)CO. The van der Waals surface area contributed by atoms with Gasteiger partial charge in [-0.1, -0.05) is 0 Å². The van der Waals surface area contributed by atoms with E-state index in [9.17, 15) is 0 Å². The van der Waals surface area contributed by atoms with Crippen LogP contribution < -0.4 is 0 Å². The van der Waals surface area contributed by atoms with Gasteiger partial charge in [0.05, 0.1) is 0 Å². The van der Waals surface area contributed by atoms with E-state index in [-0.39, 0.29) is 34.1 Å². The molecule has 0 amide bonds. The van der Waals surface area contributed by atoms with Crippen LogP contribution in [-0.2, 0) is 0 Å². The Hall–Kier alpha value is 0.450. The van der Waals surface area contributed by atoms with Gasteiger partial charge in [0.25, 0.3) is 0 Å². The molecule has 0 radical (unpaired) electrons. The minimum absolute atomic E-state index is 0.0762. The maximum absolute atomic E-state index is 8.81. The predicted molar refractivity (Wildman–Crippen MR) is 47.7 cm³/mol. The molecule has 0 heterocycles. The summed E-state index contributed by atoms with van der Waals surface area (Å²) in [4.78, 5) is 0. The summed E-state index contributed by atoms with van der Waals surface area (Å²) in [5, 5.41) is 17.4. The van der Waals surface area contributed by atoms with Crippen molar-refractivity contribution < 1.29 is 10.2 Å². The second kappa shape index (κ2) is 8.55. The molecule has 0 bridgehead atoms. The molecule has 0 spiro atoms. The van der Waals surface area contributed by atoms with Crippen LogP contribution in [0.5, 0.6) is 0 Å². The number of aliphatic hydroxyl groups excluding tert-OH is 2. The van der Waals surface area contributed by atoms with Crippen molar-refractivity contribution in [2.24, 2.45) is 0 Å². The number of rotatable bonds is 6. The molecular formula is C8H16O2Te. The third kappa shape index (κ3) is 6.83. The molecule has 0 unspecified atom stereocenters. The van der Waals surface area contributed by atoms with E-state index >= 15 is 0 Å². The van der Waals surface area contributed by atoms with Gasteiger partial charge in [-0.3, -0.25) is 0 Å². The summed E-state index contributed by atoms with van der Waals surface area (Å²) in [5.74, 6) is 0. The van der Waals surface area contributed by atoms with Gasteiger partial charge in [0.2, 0.25) is 0 Å². The standard InChI is InChI=1S/C8H16O2Te/c1-2-3-6-11-8(7-10)4-5-9/h4,9-10H,2-3,5-7H2,1H3/b8-4-. The van der Waals surface area contributed by atoms with Gasteiger partial charge in [-0.05, 0) is 0 Å². The quantitative estimate of drug-likeness (QED) is 0.554. The third-order valence-electron chi connectivity index (χ3n) is 1.26. The molecule has 66 valence electrons. The van der Waals surface area contributed by atoms with E-state index in [1.807, 2.05) is 0 Å². The monoisotopic (exact) mass is 274 g/mol. The molecule has 2 N–H and O–H groups in total. The van der Waals surface area contributed by atoms with Gasteiger partial charge in [0.1, 0.15) is 0 Å². The molecule has 3 heteroatoms. The van der Waals surface area contributed by atoms with E-state index in [1.54, 1.807) is 6.08 Å². The minimum atomic E-state index is -0.171. The van der Waals surface area contributed by atoms with Crippen LogP contribution in [0.15, 0.2) is 9.70 Å². The van der Waals surface area contributed by atoms with Gasteiger partial charge in [-0.2, -0.15) is 0 Å². The molecule has 0 aromatic rings. The average Bonchev–Trinajstić information content (AvgIpc) is 2.03. The molecule has 0 saturated heterocycles. The predicted octanol–water partition coefficient (Wildman–Crippen LogP) is 0.777. The molecule has 0 aromatic carbocycles. The van der Waals surface area contributed by atoms with E-state index in [0.717, 1.165) is 3.62 Å². The van der Waals surface area contributed by atoms with Gasteiger partial charge in [0, 0.05) is 0 Å². The van der Waals surface area contributed by atoms with Gasteiger partial charge < -0.3 is 0 Å². The van der Waals surface area contributed by atoms with Gasteiger partial charge in [0.15, 0.2) is 0 Å². The Morgan fingerprint density at radius 2 is 2.18 bits per heavy atom. The van der Waals surface area contributed by atoms with Crippen LogP contribution >= 0.6 is 0 Å². The summed E-state index contributed by atoms with van der Waals surface area (Å²) in [6, 6.07) is 0. The molecule has 0 saturated carbocycles. The first-order valence-corrected chi connectivity index (χ1v) is 6.70. The number of hydrogen-bond donors (Lipinski definition) is 2. The van der Waals surface area contributed by atoms with Crippen molar-refractivity contribution in [1.82, 2.24) is 0 Å². The second-order valence-corrected chi connectivity index (χ2v) is 5.70. The van der Waals surface area contributed by atoms with Crippen molar-refractivity contribution in [2.75, 3.05) is 13.2 Å². The zero-order valence-electron chi connectivity index (χ0n) is 6.92. The fourth-order valence-electron chi connectivity index (χ4n) is 0.619. The molecular weight excluding hydrogens is 256 g/mol. The van der Waals surface area contributed by atoms with Crippen LogP contribution in [0.25, 0.3) is 0 Å². The molecule has 0 atom stereocenters. The molecule has 0 aliphatic carbocycles. The molecule has 0 rings (SSSR count). The van der Waals surface area contributed by atoms with Crippen molar-refractivity contribution in [3.8, 4) is 0 Å². The average molecular weight is 272 g/mol. The molecule has 0 aliphatic rings. The zero-order chi connectivity index (χ0) is 8.53. The zero-order valence-corrected chi connectivity index (χ0v) is 9.25. The van der Waals surface area contributed by atoms with E-state index < -0.39 is 0 Å². The molecule has 2 nitrogen and oxygen atoms in total. The number of aliphatic hydroxyl groups is 2. The summed E-state index contributed by atoms with van der Waals surface area (Å²) >= 11 is -0.171. The first-order valence-electron chi connectivity index (χ1n) is 3.88. The van der Waals surface area contributed by atoms with Crippen molar-refractivity contribution in [3.63, 3.8) is 0 Å². The summed E-state index contributed by atoms with van der Waals surface area (Å²) in [6.07, 6.45) is 4.23. The molecule has 0 aliphatic heterocycles. The van der Waals surface area contributed by atoms with Crippen LogP contribution in [0.3, 0.4) is 0 Å². The Balaban J connectivity index is 3.44. The van der Waals surface area contributed by atoms with Crippen LogP contribution in [0, 0.1) is 0 Å². The van der Waals surface area contributed by atoms with Crippen LogP contribution in [-0.4, -0.2) is 44.3 Å². The first-order chi connectivity index (χ1) is 5.35. The summed E-state index contributed by atoms with van der Waals surface area (Å²) in [7, 11) is 0. The Labute approximate surface area is 78.4 Å². The van der Waals surface area contributed by atoms with E-state index in [1.165, 1.54) is 17.3 Å². The normalized spacial score (nSPS) is 12.1. The van der Waals surface area contributed by atoms with E-state index in [4.69, 9.17) is 10.2 Å². The summed E-state index contributed by atoms with van der Waals surface area (Å²) in [6.45, 7) is 2.39. The number of unbranched alkanes of at least 4 members (excludes halogenated alkanes) is 1. The molecule has 11 heavy (non-hydrogen) atoms. The third-order valence-corrected chi connectivity index (χ3v) is 4.57. The van der Waals surface area contributed by atoms with Crippen LogP contribution in [0.4, 0.5) is 0 Å². The van der Waals surface area contributed by atoms with E-state index in [0.29, 0.717) is 0 Å². The Bertz CT molecular complexity index is 113. The molecule has 0 aromatic heterocycles. The van der Waals surface area contributed by atoms with Crippen molar-refractivity contribution in [1.29, 1.82) is 0 Å². The Kier molecular flexibility index (Phi) is 8.89. The fraction of sp³-hybridized carbons (Fsp3) is 0.750. The van der Waals surface area contributed by atoms with Crippen molar-refractivity contribution >= 4 is 20.9 Å². The summed E-state index contributed by atoms with van der Waals surface area (Å²) < 4.78 is 2.33. The van der Waals surface area contributed by atoms with Gasteiger partial charge in [-0.25, -0.2) is 0 Å². The van der Waals surface area contributed by atoms with E-state index in [2.05, 4.69) is 6.92 Å². The number of hydrogen-bond acceptors (Lipinski definition) is 2. The maximum atomic E-state index is 8.81. The van der Waals surface area contributed by atoms with Gasteiger partial charge in [-0.15, -0.1) is 0 Å². The molecule has 0 fully saturated rings. The Morgan fingerprint density at radius 3 is 2.64 bits per heavy atom. The van der Waals surface area contributed by atoms with Crippen LogP contribution in [0.2, 0.25) is 4.47 Å². The first kappa shape index (κ1) is 11.4. The topological polar surface area (TPSA) is 40.5 Å². The Morgan fingerprint density at radius 1 is 1.45 bits per heavy atom. The van der Waals surface area contributed by atoms with Crippen LogP contribution in [0.1, 0.15) is 19.8 Å². The summed E-state index contributed by atoms with van der Waals surface area (Å²) in [5.41, 5.74) is 0. The second-order valence-electron chi connectivity index (χ2n) is 2.21. The van der Waals surface area contributed by atoms with Crippen molar-refractivity contribution in [3.05, 3.63) is 9.70 Å². The van der Waals surface area contributed by atoms with Crippen molar-refractivity contribution in [2.45, 2.75) is 24.2 Å². The fourth-order valence-corrected chi connectivity index (χ4v) is 3.41.